The van der Waals surface area contributed by atoms with Crippen molar-refractivity contribution >= 4 is 34.4 Å². The van der Waals surface area contributed by atoms with E-state index < -0.39 is 17.4 Å². The zero-order valence-electron chi connectivity index (χ0n) is 26.7. The number of methoxy groups -OCH3 is 2. The molecule has 2 aromatic carbocycles. The van der Waals surface area contributed by atoms with Crippen LogP contribution in [0.3, 0.4) is 0 Å². The van der Waals surface area contributed by atoms with Crippen LogP contribution >= 0.6 is 11.6 Å². The third kappa shape index (κ3) is 7.15. The van der Waals surface area contributed by atoms with Crippen LogP contribution in [-0.4, -0.2) is 64.8 Å². The summed E-state index contributed by atoms with van der Waals surface area (Å²) in [4.78, 5) is 46.9. The second kappa shape index (κ2) is 14.2. The van der Waals surface area contributed by atoms with Gasteiger partial charge in [-0.2, -0.15) is 5.10 Å². The minimum atomic E-state index is -0.896. The molecular weight excluding hydrogens is 622 g/mol. The maximum absolute atomic E-state index is 14.2. The van der Waals surface area contributed by atoms with Crippen molar-refractivity contribution in [2.45, 2.75) is 64.0 Å². The Balaban J connectivity index is 1.24. The summed E-state index contributed by atoms with van der Waals surface area (Å²) in [5.41, 5.74) is 0.617. The standard InChI is InChI=1S/C35H40ClN5O6/c1-45-30-17-26-28(42)18-32(47-29(26)19-31(30)46-2)33(43)39-27(16-23-8-10-25(36)11-9-23)34(44)40-14-12-35(13-15-40,20-41-22-37-21-38-41)24-6-4-3-5-7-24/h8-11,17-19,21-22,24,27H,3-7,12-16,20H2,1-2H3,(H,39,43)/t27-/m1/s1. The van der Waals surface area contributed by atoms with Crippen LogP contribution in [0.1, 0.15) is 61.1 Å². The minimum Gasteiger partial charge on any atom is -0.493 e. The van der Waals surface area contributed by atoms with E-state index in [9.17, 15) is 14.4 Å². The van der Waals surface area contributed by atoms with Gasteiger partial charge in [0.05, 0.1) is 19.6 Å². The summed E-state index contributed by atoms with van der Waals surface area (Å²) in [6, 6.07) is 10.5. The van der Waals surface area contributed by atoms with Gasteiger partial charge in [-0.1, -0.05) is 43.0 Å². The highest BCUT2D eigenvalue weighted by Gasteiger charge is 2.44. The van der Waals surface area contributed by atoms with Crippen molar-refractivity contribution in [2.75, 3.05) is 27.3 Å². The van der Waals surface area contributed by atoms with Gasteiger partial charge in [-0.15, -0.1) is 0 Å². The lowest BCUT2D eigenvalue weighted by atomic mass is 9.63. The van der Waals surface area contributed by atoms with E-state index in [-0.39, 0.29) is 34.5 Å². The molecule has 3 heterocycles. The van der Waals surface area contributed by atoms with Crippen molar-refractivity contribution < 1.29 is 23.5 Å². The molecule has 0 spiro atoms. The van der Waals surface area contributed by atoms with Gasteiger partial charge >= 0.3 is 0 Å². The van der Waals surface area contributed by atoms with Crippen LogP contribution in [0.4, 0.5) is 0 Å². The molecule has 248 valence electrons. The maximum atomic E-state index is 14.2. The van der Waals surface area contributed by atoms with Crippen LogP contribution in [0.2, 0.25) is 5.02 Å². The Morgan fingerprint density at radius 3 is 2.40 bits per heavy atom. The molecule has 0 radical (unpaired) electrons. The van der Waals surface area contributed by atoms with E-state index in [1.165, 1.54) is 58.5 Å². The van der Waals surface area contributed by atoms with Gasteiger partial charge in [-0.3, -0.25) is 19.1 Å². The fourth-order valence-corrected chi connectivity index (χ4v) is 7.45. The molecule has 1 saturated heterocycles. The molecule has 2 aromatic heterocycles. The fraction of sp³-hybridized carbons (Fsp3) is 0.457. The zero-order chi connectivity index (χ0) is 33.0. The van der Waals surface area contributed by atoms with Crippen LogP contribution < -0.4 is 20.2 Å². The van der Waals surface area contributed by atoms with E-state index in [0.717, 1.165) is 31.0 Å². The van der Waals surface area contributed by atoms with Gasteiger partial charge in [-0.25, -0.2) is 4.98 Å². The first-order valence-electron chi connectivity index (χ1n) is 16.1. The Bertz CT molecular complexity index is 1760. The first-order valence-corrected chi connectivity index (χ1v) is 16.5. The van der Waals surface area contributed by atoms with E-state index in [1.54, 1.807) is 24.8 Å². The van der Waals surface area contributed by atoms with Gasteiger partial charge in [0.1, 0.15) is 24.3 Å². The molecule has 1 N–H and O–H groups in total. The highest BCUT2D eigenvalue weighted by molar-refractivity contribution is 6.30. The average Bonchev–Trinajstić information content (AvgIpc) is 3.61. The molecular formula is C35H40ClN5O6. The number of aromatic nitrogens is 3. The Hall–Kier alpha value is -4.38. The number of piperidine rings is 1. The van der Waals surface area contributed by atoms with E-state index in [2.05, 4.69) is 15.4 Å². The molecule has 4 aromatic rings. The fourth-order valence-electron chi connectivity index (χ4n) is 7.32. The Morgan fingerprint density at radius 2 is 1.74 bits per heavy atom. The number of nitrogens with one attached hydrogen (secondary N) is 1. The summed E-state index contributed by atoms with van der Waals surface area (Å²) in [5.74, 6) is 0.248. The summed E-state index contributed by atoms with van der Waals surface area (Å²) >= 11 is 6.13. The van der Waals surface area contributed by atoms with Gasteiger partial charge in [0.2, 0.25) is 5.91 Å². The van der Waals surface area contributed by atoms with Crippen molar-refractivity contribution in [1.29, 1.82) is 0 Å². The Morgan fingerprint density at radius 1 is 1.04 bits per heavy atom. The van der Waals surface area contributed by atoms with Crippen LogP contribution in [0, 0.1) is 11.3 Å². The molecule has 1 aliphatic heterocycles. The molecule has 12 heteroatoms. The first kappa shape index (κ1) is 32.6. The largest absolute Gasteiger partial charge is 0.493 e. The number of carbonyl (C=O) groups excluding carboxylic acids is 2. The molecule has 2 fully saturated rings. The maximum Gasteiger partial charge on any atom is 0.287 e. The number of halogens is 1. The van der Waals surface area contributed by atoms with Crippen molar-refractivity contribution in [3.05, 3.63) is 81.7 Å². The number of rotatable bonds is 10. The topological polar surface area (TPSA) is 129 Å². The predicted octanol–water partition coefficient (Wildman–Crippen LogP) is 5.29. The van der Waals surface area contributed by atoms with Crippen LogP contribution in [0.5, 0.6) is 11.5 Å². The molecule has 1 atom stereocenters. The number of carbonyl (C=O) groups is 2. The average molecular weight is 662 g/mol. The monoisotopic (exact) mass is 661 g/mol. The minimum absolute atomic E-state index is 0.0259. The Kier molecular flexibility index (Phi) is 9.81. The lowest BCUT2D eigenvalue weighted by Crippen LogP contribution is -2.54. The third-order valence-electron chi connectivity index (χ3n) is 9.90. The second-order valence-corrected chi connectivity index (χ2v) is 13.1. The van der Waals surface area contributed by atoms with Gasteiger partial charge in [0.25, 0.3) is 5.91 Å². The lowest BCUT2D eigenvalue weighted by Gasteiger charge is -2.48. The molecule has 47 heavy (non-hydrogen) atoms. The summed E-state index contributed by atoms with van der Waals surface area (Å²) in [5, 5.41) is 8.12. The van der Waals surface area contributed by atoms with Crippen molar-refractivity contribution in [2.24, 2.45) is 11.3 Å². The third-order valence-corrected chi connectivity index (χ3v) is 10.2. The summed E-state index contributed by atoms with van der Waals surface area (Å²) in [6.07, 6.45) is 11.4. The molecule has 1 aliphatic carbocycles. The molecule has 6 rings (SSSR count). The quantitative estimate of drug-likeness (QED) is 0.243. The first-order chi connectivity index (χ1) is 22.8. The lowest BCUT2D eigenvalue weighted by molar-refractivity contribution is -0.136. The number of hydrogen-bond donors (Lipinski definition) is 1. The smallest absolute Gasteiger partial charge is 0.287 e. The second-order valence-electron chi connectivity index (χ2n) is 12.7. The van der Waals surface area contributed by atoms with Crippen LogP contribution in [0.15, 0.2) is 64.3 Å². The molecule has 2 amide bonds. The van der Waals surface area contributed by atoms with E-state index in [1.807, 2.05) is 21.7 Å². The number of nitrogens with zero attached hydrogens (tertiary/aromatic N) is 4. The highest BCUT2D eigenvalue weighted by atomic mass is 35.5. The molecule has 11 nitrogen and oxygen atoms in total. The highest BCUT2D eigenvalue weighted by Crippen LogP contribution is 2.47. The van der Waals surface area contributed by atoms with Gasteiger partial charge in [-0.05, 0) is 60.8 Å². The van der Waals surface area contributed by atoms with E-state index in [0.29, 0.717) is 35.5 Å². The normalized spacial score (nSPS) is 17.3. The Labute approximate surface area is 278 Å². The predicted molar refractivity (Wildman–Crippen MR) is 177 cm³/mol. The zero-order valence-corrected chi connectivity index (χ0v) is 27.5. The summed E-state index contributed by atoms with van der Waals surface area (Å²) in [6.45, 7) is 1.93. The van der Waals surface area contributed by atoms with Crippen molar-refractivity contribution in [3.63, 3.8) is 0 Å². The number of ether oxygens (including phenoxy) is 2. The van der Waals surface area contributed by atoms with Crippen molar-refractivity contribution in [3.8, 4) is 11.5 Å². The van der Waals surface area contributed by atoms with Gasteiger partial charge in [0, 0.05) is 43.2 Å². The SMILES string of the molecule is COc1cc2oc(C(=O)N[C@H](Cc3ccc(Cl)cc3)C(=O)N3CCC(Cn4cncn4)(C4CCCCC4)CC3)cc(=O)c2cc1OC. The van der Waals surface area contributed by atoms with E-state index in [4.69, 9.17) is 25.5 Å². The van der Waals surface area contributed by atoms with Crippen LogP contribution in [0.25, 0.3) is 11.0 Å². The molecule has 0 unspecified atom stereocenters. The summed E-state index contributed by atoms with van der Waals surface area (Å²) in [7, 11) is 2.94. The molecule has 2 aliphatic rings. The number of fused-ring (bicyclic) bond motifs is 1. The van der Waals surface area contributed by atoms with E-state index >= 15 is 0 Å². The number of amides is 2. The number of likely N-dealkylation sites (tertiary alicyclic amines) is 1. The van der Waals surface area contributed by atoms with Gasteiger partial charge < -0.3 is 24.1 Å². The molecule has 1 saturated carbocycles. The summed E-state index contributed by atoms with van der Waals surface area (Å²) < 4.78 is 18.5. The molecule has 0 bridgehead atoms. The number of hydrogen-bond acceptors (Lipinski definition) is 8. The number of benzene rings is 2. The van der Waals surface area contributed by atoms with Crippen LogP contribution in [-0.2, 0) is 17.8 Å². The van der Waals surface area contributed by atoms with Gasteiger partial charge in [0.15, 0.2) is 22.7 Å². The van der Waals surface area contributed by atoms with Crippen molar-refractivity contribution in [1.82, 2.24) is 25.0 Å².